The molecule has 0 bridgehead atoms. The number of nitrogens with one attached hydrogen (secondary N) is 2. The van der Waals surface area contributed by atoms with Gasteiger partial charge in [0.25, 0.3) is 0 Å². The maximum atomic E-state index is 12.8. The second-order valence-corrected chi connectivity index (χ2v) is 9.35. The molecule has 1 saturated heterocycles. The van der Waals surface area contributed by atoms with Crippen molar-refractivity contribution in [2.45, 2.75) is 39.7 Å². The first-order chi connectivity index (χ1) is 16.3. The van der Waals surface area contributed by atoms with Crippen LogP contribution in [0.5, 0.6) is 0 Å². The van der Waals surface area contributed by atoms with E-state index in [0.717, 1.165) is 28.9 Å². The third kappa shape index (κ3) is 5.34. The van der Waals surface area contributed by atoms with Gasteiger partial charge in [0.15, 0.2) is 5.13 Å². The van der Waals surface area contributed by atoms with E-state index in [0.29, 0.717) is 11.7 Å². The smallest absolute Gasteiger partial charge is 0.231 e. The van der Waals surface area contributed by atoms with Gasteiger partial charge in [-0.2, -0.15) is 0 Å². The molecule has 176 valence electrons. The van der Waals surface area contributed by atoms with Gasteiger partial charge in [-0.3, -0.25) is 14.4 Å². The number of thiazole rings is 1. The zero-order valence-corrected chi connectivity index (χ0v) is 20.3. The fourth-order valence-corrected chi connectivity index (χ4v) is 4.77. The summed E-state index contributed by atoms with van der Waals surface area (Å²) in [7, 11) is 0. The summed E-state index contributed by atoms with van der Waals surface area (Å²) in [6.45, 7) is 5.88. The van der Waals surface area contributed by atoms with Gasteiger partial charge >= 0.3 is 0 Å². The summed E-state index contributed by atoms with van der Waals surface area (Å²) in [6.07, 6.45) is 1.13. The van der Waals surface area contributed by atoms with Crippen molar-refractivity contribution in [1.82, 2.24) is 10.3 Å². The Morgan fingerprint density at radius 1 is 1.15 bits per heavy atom. The Morgan fingerprint density at radius 2 is 1.85 bits per heavy atom. The van der Waals surface area contributed by atoms with Crippen LogP contribution in [0.15, 0.2) is 53.9 Å². The van der Waals surface area contributed by atoms with Crippen molar-refractivity contribution in [3.63, 3.8) is 0 Å². The minimum absolute atomic E-state index is 0.0437. The summed E-state index contributed by atoms with van der Waals surface area (Å²) in [5, 5.41) is 8.14. The van der Waals surface area contributed by atoms with Crippen LogP contribution < -0.4 is 15.5 Å². The van der Waals surface area contributed by atoms with Gasteiger partial charge in [0.1, 0.15) is 0 Å². The molecule has 0 saturated carbocycles. The van der Waals surface area contributed by atoms with Crippen molar-refractivity contribution < 1.29 is 14.4 Å². The number of aryl methyl sites for hydroxylation is 1. The highest BCUT2D eigenvalue weighted by Crippen LogP contribution is 2.29. The van der Waals surface area contributed by atoms with Gasteiger partial charge in [0.2, 0.25) is 17.7 Å². The zero-order chi connectivity index (χ0) is 24.2. The number of aromatic nitrogens is 1. The van der Waals surface area contributed by atoms with E-state index < -0.39 is 5.92 Å². The molecule has 7 nitrogen and oxygen atoms in total. The van der Waals surface area contributed by atoms with Crippen LogP contribution in [0.4, 0.5) is 10.8 Å². The summed E-state index contributed by atoms with van der Waals surface area (Å²) >= 11 is 1.35. The van der Waals surface area contributed by atoms with Crippen LogP contribution in [0.1, 0.15) is 44.4 Å². The summed E-state index contributed by atoms with van der Waals surface area (Å²) < 4.78 is 0. The summed E-state index contributed by atoms with van der Waals surface area (Å²) in [6, 6.07) is 15.6. The molecule has 1 aliphatic heterocycles. The van der Waals surface area contributed by atoms with Crippen LogP contribution in [-0.4, -0.2) is 29.3 Å². The van der Waals surface area contributed by atoms with Gasteiger partial charge in [-0.15, -0.1) is 11.3 Å². The molecule has 1 fully saturated rings. The summed E-state index contributed by atoms with van der Waals surface area (Å²) in [5.74, 6) is -0.725. The Balaban J connectivity index is 1.38. The molecule has 1 aliphatic rings. The molecule has 2 N–H and O–H groups in total. The van der Waals surface area contributed by atoms with E-state index in [9.17, 15) is 14.4 Å². The minimum atomic E-state index is -0.416. The Hall–Kier alpha value is -3.52. The first kappa shape index (κ1) is 23.6. The maximum absolute atomic E-state index is 12.8. The Labute approximate surface area is 203 Å². The number of carbonyl (C=O) groups excluding carboxylic acids is 3. The van der Waals surface area contributed by atoms with Gasteiger partial charge < -0.3 is 15.5 Å². The normalized spacial score (nSPS) is 16.4. The Morgan fingerprint density at radius 3 is 2.50 bits per heavy atom. The third-order valence-electron chi connectivity index (χ3n) is 6.01. The van der Waals surface area contributed by atoms with E-state index in [1.807, 2.05) is 60.8 Å². The van der Waals surface area contributed by atoms with Crippen molar-refractivity contribution in [3.05, 3.63) is 65.0 Å². The molecule has 34 heavy (non-hydrogen) atoms. The number of nitrogens with zero attached hydrogens (tertiary/aromatic N) is 2. The van der Waals surface area contributed by atoms with Crippen LogP contribution in [0.2, 0.25) is 0 Å². The Kier molecular flexibility index (Phi) is 7.07. The molecule has 2 atom stereocenters. The average molecular weight is 477 g/mol. The van der Waals surface area contributed by atoms with Gasteiger partial charge in [0, 0.05) is 36.5 Å². The molecule has 0 radical (unpaired) electrons. The number of amides is 3. The number of benzene rings is 2. The molecule has 8 heteroatoms. The fourth-order valence-electron chi connectivity index (χ4n) is 4.05. The molecule has 3 aromatic rings. The highest BCUT2D eigenvalue weighted by atomic mass is 32.1. The predicted octanol–water partition coefficient (Wildman–Crippen LogP) is 4.56. The van der Waals surface area contributed by atoms with Crippen molar-refractivity contribution in [3.8, 4) is 11.3 Å². The number of carbonyl (C=O) groups is 3. The van der Waals surface area contributed by atoms with Crippen molar-refractivity contribution in [2.24, 2.45) is 5.92 Å². The average Bonchev–Trinajstić information content (AvgIpc) is 3.45. The Bertz CT molecular complexity index is 1190. The number of anilines is 2. The van der Waals surface area contributed by atoms with Crippen molar-refractivity contribution in [2.75, 3.05) is 16.8 Å². The molecule has 4 rings (SSSR count). The molecule has 3 amide bonds. The molecule has 0 aliphatic carbocycles. The minimum Gasteiger partial charge on any atom is -0.350 e. The van der Waals surface area contributed by atoms with Crippen molar-refractivity contribution >= 4 is 39.9 Å². The van der Waals surface area contributed by atoms with Gasteiger partial charge in [0.05, 0.1) is 17.7 Å². The van der Waals surface area contributed by atoms with Crippen LogP contribution >= 0.6 is 11.3 Å². The number of hydrogen-bond donors (Lipinski definition) is 2. The topological polar surface area (TPSA) is 91.4 Å². The van der Waals surface area contributed by atoms with Crippen LogP contribution in [0.3, 0.4) is 0 Å². The monoisotopic (exact) mass is 476 g/mol. The zero-order valence-electron chi connectivity index (χ0n) is 19.5. The lowest BCUT2D eigenvalue weighted by atomic mass is 10.1. The van der Waals surface area contributed by atoms with Gasteiger partial charge in [-0.25, -0.2) is 4.98 Å². The predicted molar refractivity (Wildman–Crippen MR) is 135 cm³/mol. The SMILES string of the molecule is CCc1ccc(N2C[C@@H](C(=O)Nc3nc(-c4ccc([C@@H](C)NC(C)=O)cc4)cs3)CC2=O)cc1. The fraction of sp³-hybridized carbons (Fsp3) is 0.308. The lowest BCUT2D eigenvalue weighted by Crippen LogP contribution is -2.28. The second-order valence-electron chi connectivity index (χ2n) is 8.50. The highest BCUT2D eigenvalue weighted by molar-refractivity contribution is 7.14. The molecule has 2 heterocycles. The maximum Gasteiger partial charge on any atom is 0.231 e. The molecular weight excluding hydrogens is 448 g/mol. The lowest BCUT2D eigenvalue weighted by molar-refractivity contribution is -0.122. The lowest BCUT2D eigenvalue weighted by Gasteiger charge is -2.17. The van der Waals surface area contributed by atoms with E-state index in [-0.39, 0.29) is 30.2 Å². The summed E-state index contributed by atoms with van der Waals surface area (Å²) in [4.78, 5) is 42.9. The van der Waals surface area contributed by atoms with E-state index in [4.69, 9.17) is 0 Å². The highest BCUT2D eigenvalue weighted by Gasteiger charge is 2.35. The molecule has 2 aromatic carbocycles. The van der Waals surface area contributed by atoms with Crippen molar-refractivity contribution in [1.29, 1.82) is 0 Å². The largest absolute Gasteiger partial charge is 0.350 e. The van der Waals surface area contributed by atoms with E-state index in [1.165, 1.54) is 23.8 Å². The van der Waals surface area contributed by atoms with E-state index in [2.05, 4.69) is 22.5 Å². The third-order valence-corrected chi connectivity index (χ3v) is 6.77. The van der Waals surface area contributed by atoms with Crippen LogP contribution in [-0.2, 0) is 20.8 Å². The first-order valence-corrected chi connectivity index (χ1v) is 12.2. The van der Waals surface area contributed by atoms with Crippen LogP contribution in [0.25, 0.3) is 11.3 Å². The van der Waals surface area contributed by atoms with Gasteiger partial charge in [-0.05, 0) is 36.6 Å². The van der Waals surface area contributed by atoms with Crippen LogP contribution in [0, 0.1) is 5.92 Å². The first-order valence-electron chi connectivity index (χ1n) is 11.4. The molecule has 1 aromatic heterocycles. The quantitative estimate of drug-likeness (QED) is 0.523. The molecular formula is C26H28N4O3S. The van der Waals surface area contributed by atoms with E-state index >= 15 is 0 Å². The van der Waals surface area contributed by atoms with Gasteiger partial charge in [-0.1, -0.05) is 43.3 Å². The number of rotatable bonds is 7. The second kappa shape index (κ2) is 10.2. The number of hydrogen-bond acceptors (Lipinski definition) is 5. The molecule has 0 unspecified atom stereocenters. The van der Waals surface area contributed by atoms with E-state index in [1.54, 1.807) is 4.90 Å². The standard InChI is InChI=1S/C26H28N4O3S/c1-4-18-5-11-22(12-6-18)30-14-21(13-24(30)32)25(33)29-26-28-23(15-34-26)20-9-7-19(8-10-20)16(2)27-17(3)31/h5-12,15-16,21H,4,13-14H2,1-3H3,(H,27,31)(H,28,29,33)/t16-,21+/m1/s1. The summed E-state index contributed by atoms with van der Waals surface area (Å²) in [5.41, 5.74) is 4.72. The molecule has 0 spiro atoms.